The summed E-state index contributed by atoms with van der Waals surface area (Å²) >= 11 is 0. The molecule has 0 bridgehead atoms. The van der Waals surface area contributed by atoms with Crippen molar-refractivity contribution < 1.29 is 0 Å². The molecule has 4 rings (SSSR count). The van der Waals surface area contributed by atoms with Crippen LogP contribution in [0.25, 0.3) is 11.0 Å². The van der Waals surface area contributed by atoms with Gasteiger partial charge in [0, 0.05) is 31.7 Å². The highest BCUT2D eigenvalue weighted by Crippen LogP contribution is 2.35. The second-order valence-electron chi connectivity index (χ2n) is 8.19. The molecule has 7 nitrogen and oxygen atoms in total. The molecular weight excluding hydrogens is 398 g/mol. The number of anilines is 2. The summed E-state index contributed by atoms with van der Waals surface area (Å²) in [5.74, 6) is 2.02. The quantitative estimate of drug-likeness (QED) is 0.412. The number of aromatic nitrogens is 4. The number of allylic oxidation sites excluding steroid dienone is 2. The number of nitrogens with zero attached hydrogens (tertiary/aromatic N) is 4. The summed E-state index contributed by atoms with van der Waals surface area (Å²) in [6, 6.07) is 8.20. The smallest absolute Gasteiger partial charge is 0.227 e. The molecule has 0 amide bonds. The Labute approximate surface area is 191 Å². The van der Waals surface area contributed by atoms with Crippen LogP contribution in [0.1, 0.15) is 51.6 Å². The van der Waals surface area contributed by atoms with E-state index < -0.39 is 0 Å². The molecule has 0 spiro atoms. The number of H-pyrrole nitrogens is 1. The van der Waals surface area contributed by atoms with E-state index in [1.807, 2.05) is 26.2 Å². The van der Waals surface area contributed by atoms with Gasteiger partial charge in [-0.05, 0) is 55.5 Å². The number of hydrogen-bond acceptors (Lipinski definition) is 6. The molecular formula is C25H35N7. The van der Waals surface area contributed by atoms with Gasteiger partial charge in [-0.25, -0.2) is 9.97 Å². The highest BCUT2D eigenvalue weighted by molar-refractivity contribution is 5.75. The first kappa shape index (κ1) is 23.3. The molecule has 0 saturated heterocycles. The normalized spacial score (nSPS) is 14.3. The van der Waals surface area contributed by atoms with E-state index in [4.69, 9.17) is 0 Å². The largest absolute Gasteiger partial charge is 0.391 e. The van der Waals surface area contributed by atoms with Crippen molar-refractivity contribution in [2.45, 2.75) is 46.1 Å². The molecule has 1 aliphatic carbocycles. The lowest BCUT2D eigenvalue weighted by atomic mass is 10.1. The van der Waals surface area contributed by atoms with E-state index in [1.165, 1.54) is 30.5 Å². The molecule has 1 fully saturated rings. The molecule has 3 N–H and O–H groups in total. The van der Waals surface area contributed by atoms with E-state index >= 15 is 0 Å². The first-order chi connectivity index (χ1) is 15.5. The van der Waals surface area contributed by atoms with Crippen LogP contribution in [-0.2, 0) is 0 Å². The maximum atomic E-state index is 4.68. The third-order valence-electron chi connectivity index (χ3n) is 5.39. The van der Waals surface area contributed by atoms with Crippen molar-refractivity contribution in [3.05, 3.63) is 66.4 Å². The minimum absolute atomic E-state index is 0.104. The van der Waals surface area contributed by atoms with Gasteiger partial charge in [0.25, 0.3) is 0 Å². The molecule has 2 aromatic heterocycles. The molecule has 0 aliphatic heterocycles. The van der Waals surface area contributed by atoms with Gasteiger partial charge in [-0.1, -0.05) is 32.9 Å². The van der Waals surface area contributed by atoms with Gasteiger partial charge in [-0.15, -0.1) is 0 Å². The number of aromatic amines is 1. The Morgan fingerprint density at radius 1 is 1.28 bits per heavy atom. The fourth-order valence-electron chi connectivity index (χ4n) is 3.37. The van der Waals surface area contributed by atoms with Crippen molar-refractivity contribution in [1.82, 2.24) is 25.3 Å². The van der Waals surface area contributed by atoms with Gasteiger partial charge in [-0.2, -0.15) is 4.98 Å². The molecule has 170 valence electrons. The summed E-state index contributed by atoms with van der Waals surface area (Å²) in [4.78, 5) is 18.6. The fourth-order valence-corrected chi connectivity index (χ4v) is 3.37. The minimum Gasteiger partial charge on any atom is -0.391 e. The van der Waals surface area contributed by atoms with Crippen molar-refractivity contribution in [2.24, 2.45) is 5.92 Å². The first-order valence-corrected chi connectivity index (χ1v) is 11.3. The number of hydrogen-bond donors (Lipinski definition) is 3. The number of imidazole rings is 1. The number of fused-ring (bicyclic) bond motifs is 1. The summed E-state index contributed by atoms with van der Waals surface area (Å²) in [5.41, 5.74) is 5.19. The summed E-state index contributed by atoms with van der Waals surface area (Å²) in [6.07, 6.45) is 9.27. The minimum atomic E-state index is 0.104. The third kappa shape index (κ3) is 5.87. The van der Waals surface area contributed by atoms with E-state index in [0.29, 0.717) is 11.9 Å². The van der Waals surface area contributed by atoms with Crippen LogP contribution >= 0.6 is 0 Å². The predicted molar refractivity (Wildman–Crippen MR) is 134 cm³/mol. The topological polar surface area (TPSA) is 81.8 Å². The van der Waals surface area contributed by atoms with Crippen molar-refractivity contribution in [2.75, 3.05) is 24.3 Å². The SMILES string of the molecule is C=C(/C=C(\NC)C1CC1)Nc1ccnc(N(C)C(C)c2ccc3nc[nH]c3c2)n1.CCC. The second-order valence-corrected chi connectivity index (χ2v) is 8.19. The van der Waals surface area contributed by atoms with Crippen molar-refractivity contribution >= 4 is 22.8 Å². The van der Waals surface area contributed by atoms with Crippen molar-refractivity contribution in [1.29, 1.82) is 0 Å². The molecule has 2 heterocycles. The van der Waals surface area contributed by atoms with Crippen LogP contribution in [0.5, 0.6) is 0 Å². The Morgan fingerprint density at radius 3 is 2.72 bits per heavy atom. The molecule has 1 saturated carbocycles. The Balaban J connectivity index is 0.000000913. The molecule has 1 aliphatic rings. The number of rotatable bonds is 8. The fraction of sp³-hybridized carbons (Fsp3) is 0.400. The van der Waals surface area contributed by atoms with Crippen molar-refractivity contribution in [3.8, 4) is 0 Å². The van der Waals surface area contributed by atoms with Crippen LogP contribution in [0.2, 0.25) is 0 Å². The highest BCUT2D eigenvalue weighted by atomic mass is 15.3. The van der Waals surface area contributed by atoms with Gasteiger partial charge in [-0.3, -0.25) is 0 Å². The lowest BCUT2D eigenvalue weighted by molar-refractivity contribution is 0.716. The maximum absolute atomic E-state index is 4.68. The Hall–Kier alpha value is -3.35. The Morgan fingerprint density at radius 2 is 2.03 bits per heavy atom. The lowest BCUT2D eigenvalue weighted by Crippen LogP contribution is -2.24. The molecule has 1 unspecified atom stereocenters. The van der Waals surface area contributed by atoms with Crippen LogP contribution in [0.15, 0.2) is 60.8 Å². The highest BCUT2D eigenvalue weighted by Gasteiger charge is 2.25. The molecule has 1 atom stereocenters. The van der Waals surface area contributed by atoms with E-state index in [1.54, 1.807) is 12.5 Å². The standard InChI is InChI=1S/C22H27N7.C3H8/c1-14(11-19(23-3)16-5-6-16)27-21-9-10-24-22(28-21)29(4)15(2)17-7-8-18-20(12-17)26-13-25-18;1-3-2/h7-13,15-16,23H,1,5-6H2,2-4H3,(H,25,26)(H,24,27,28);3H2,1-2H3/b19-11-;. The molecule has 3 aromatic rings. The summed E-state index contributed by atoms with van der Waals surface area (Å²) in [6.45, 7) is 10.5. The van der Waals surface area contributed by atoms with Gasteiger partial charge in [0.15, 0.2) is 0 Å². The number of nitrogens with one attached hydrogen (secondary N) is 3. The zero-order valence-corrected chi connectivity index (χ0v) is 19.8. The molecule has 7 heteroatoms. The molecule has 0 radical (unpaired) electrons. The van der Waals surface area contributed by atoms with Crippen LogP contribution < -0.4 is 15.5 Å². The average molecular weight is 434 g/mol. The van der Waals surface area contributed by atoms with E-state index in [-0.39, 0.29) is 6.04 Å². The second kappa shape index (κ2) is 10.8. The van der Waals surface area contributed by atoms with Crippen LogP contribution in [0.3, 0.4) is 0 Å². The van der Waals surface area contributed by atoms with Crippen molar-refractivity contribution in [3.63, 3.8) is 0 Å². The predicted octanol–water partition coefficient (Wildman–Crippen LogP) is 5.41. The zero-order valence-electron chi connectivity index (χ0n) is 19.8. The zero-order chi connectivity index (χ0) is 23.1. The van der Waals surface area contributed by atoms with Crippen LogP contribution in [0, 0.1) is 5.92 Å². The summed E-state index contributed by atoms with van der Waals surface area (Å²) in [7, 11) is 3.96. The van der Waals surface area contributed by atoms with Gasteiger partial charge in [0.1, 0.15) is 5.82 Å². The van der Waals surface area contributed by atoms with E-state index in [0.717, 1.165) is 22.5 Å². The van der Waals surface area contributed by atoms with Crippen LogP contribution in [0.4, 0.5) is 11.8 Å². The Kier molecular flexibility index (Phi) is 7.87. The molecule has 1 aromatic carbocycles. The Bertz CT molecular complexity index is 1060. The van der Waals surface area contributed by atoms with E-state index in [2.05, 4.69) is 81.0 Å². The van der Waals surface area contributed by atoms with E-state index in [9.17, 15) is 0 Å². The van der Waals surface area contributed by atoms with Gasteiger partial charge >= 0.3 is 0 Å². The van der Waals surface area contributed by atoms with Gasteiger partial charge < -0.3 is 20.5 Å². The average Bonchev–Trinajstić information content (AvgIpc) is 3.53. The van der Waals surface area contributed by atoms with Crippen LogP contribution in [-0.4, -0.2) is 34.0 Å². The van der Waals surface area contributed by atoms with Gasteiger partial charge in [0.2, 0.25) is 5.95 Å². The number of benzene rings is 1. The molecule has 32 heavy (non-hydrogen) atoms. The third-order valence-corrected chi connectivity index (χ3v) is 5.39. The first-order valence-electron chi connectivity index (χ1n) is 11.3. The monoisotopic (exact) mass is 433 g/mol. The summed E-state index contributed by atoms with van der Waals surface area (Å²) in [5, 5.41) is 6.55. The summed E-state index contributed by atoms with van der Waals surface area (Å²) < 4.78 is 0. The lowest BCUT2D eigenvalue weighted by Gasteiger charge is -2.25. The maximum Gasteiger partial charge on any atom is 0.227 e. The van der Waals surface area contributed by atoms with Gasteiger partial charge in [0.05, 0.1) is 23.4 Å².